The summed E-state index contributed by atoms with van der Waals surface area (Å²) in [4.78, 5) is 24.9. The lowest BCUT2D eigenvalue weighted by Crippen LogP contribution is -2.24. The van der Waals surface area contributed by atoms with E-state index in [-0.39, 0.29) is 28.8 Å². The zero-order chi connectivity index (χ0) is 12.3. The van der Waals surface area contributed by atoms with E-state index in [0.29, 0.717) is 5.69 Å². The number of nitrogens with two attached hydrogens (primary N) is 1. The number of H-pyrrole nitrogens is 1. The Balaban J connectivity index is 1.98. The Morgan fingerprint density at radius 1 is 1.47 bits per heavy atom. The topological polar surface area (TPSA) is 114 Å². The van der Waals surface area contributed by atoms with E-state index in [1.54, 1.807) is 5.38 Å². The van der Waals surface area contributed by atoms with E-state index < -0.39 is 0 Å². The van der Waals surface area contributed by atoms with Crippen molar-refractivity contribution >= 4 is 23.1 Å². The summed E-state index contributed by atoms with van der Waals surface area (Å²) >= 11 is 1.05. The van der Waals surface area contributed by atoms with Crippen LogP contribution in [0.4, 0.5) is 5.82 Å². The summed E-state index contributed by atoms with van der Waals surface area (Å²) in [6, 6.07) is 2.97. The lowest BCUT2D eigenvalue weighted by Gasteiger charge is -2.02. The molecule has 0 unspecified atom stereocenters. The quantitative estimate of drug-likeness (QED) is 0.695. The molecule has 0 aliphatic rings. The zero-order valence-electron chi connectivity index (χ0n) is 8.64. The van der Waals surface area contributed by atoms with Crippen molar-refractivity contribution in [1.29, 1.82) is 0 Å². The maximum atomic E-state index is 11.6. The van der Waals surface area contributed by atoms with E-state index in [9.17, 15) is 9.59 Å². The number of aromatic amines is 1. The molecule has 0 bridgehead atoms. The number of hydrogen-bond acceptors (Lipinski definition) is 6. The fraction of sp³-hybridized carbons (Fsp3) is 0.111. The molecule has 0 radical (unpaired) electrons. The van der Waals surface area contributed by atoms with Crippen molar-refractivity contribution in [2.24, 2.45) is 0 Å². The molecule has 0 aliphatic heterocycles. The third kappa shape index (κ3) is 2.88. The van der Waals surface area contributed by atoms with Gasteiger partial charge in [-0.05, 0) is 12.1 Å². The zero-order valence-corrected chi connectivity index (χ0v) is 9.45. The van der Waals surface area contributed by atoms with Crippen LogP contribution in [0.3, 0.4) is 0 Å². The molecule has 7 nitrogen and oxygen atoms in total. The fourth-order valence-electron chi connectivity index (χ4n) is 1.13. The molecule has 2 aromatic rings. The third-order valence-corrected chi connectivity index (χ3v) is 2.65. The summed E-state index contributed by atoms with van der Waals surface area (Å²) in [7, 11) is 0. The average molecular weight is 251 g/mol. The molecule has 0 atom stereocenters. The van der Waals surface area contributed by atoms with Crippen molar-refractivity contribution in [3.05, 3.63) is 38.6 Å². The van der Waals surface area contributed by atoms with Gasteiger partial charge in [-0.15, -0.1) is 10.2 Å². The van der Waals surface area contributed by atoms with Crippen LogP contribution >= 0.6 is 11.3 Å². The molecule has 88 valence electrons. The van der Waals surface area contributed by atoms with Gasteiger partial charge in [-0.3, -0.25) is 9.59 Å². The summed E-state index contributed by atoms with van der Waals surface area (Å²) < 4.78 is 0. The van der Waals surface area contributed by atoms with E-state index >= 15 is 0 Å². The number of carbonyl (C=O) groups excluding carboxylic acids is 1. The van der Waals surface area contributed by atoms with Gasteiger partial charge in [-0.1, -0.05) is 11.3 Å². The molecule has 0 fully saturated rings. The van der Waals surface area contributed by atoms with Crippen LogP contribution in [-0.4, -0.2) is 21.1 Å². The van der Waals surface area contributed by atoms with E-state index in [2.05, 4.69) is 20.5 Å². The minimum Gasteiger partial charge on any atom is -0.382 e. The SMILES string of the molecule is Nc1ccc(C(=O)NCc2csc(=O)[nH]2)nn1. The number of amides is 1. The number of hydrogen-bond donors (Lipinski definition) is 3. The number of nitrogens with one attached hydrogen (secondary N) is 2. The number of carbonyl (C=O) groups is 1. The molecular weight excluding hydrogens is 242 g/mol. The average Bonchev–Trinajstić information content (AvgIpc) is 2.73. The number of anilines is 1. The standard InChI is InChI=1S/C9H9N5O2S/c10-7-2-1-6(13-14-7)8(15)11-3-5-4-17-9(16)12-5/h1-2,4H,3H2,(H2,10,14)(H,11,15)(H,12,16). The predicted octanol–water partition coefficient (Wildman–Crippen LogP) is -0.261. The molecule has 2 rings (SSSR count). The highest BCUT2D eigenvalue weighted by atomic mass is 32.1. The van der Waals surface area contributed by atoms with Crippen molar-refractivity contribution in [1.82, 2.24) is 20.5 Å². The molecule has 1 amide bonds. The van der Waals surface area contributed by atoms with E-state index in [1.165, 1.54) is 12.1 Å². The smallest absolute Gasteiger partial charge is 0.304 e. The van der Waals surface area contributed by atoms with Gasteiger partial charge >= 0.3 is 4.87 Å². The lowest BCUT2D eigenvalue weighted by molar-refractivity contribution is 0.0944. The van der Waals surface area contributed by atoms with Crippen molar-refractivity contribution in [3.63, 3.8) is 0 Å². The van der Waals surface area contributed by atoms with Crippen LogP contribution < -0.4 is 15.9 Å². The Hall–Kier alpha value is -2.22. The first-order valence-corrected chi connectivity index (χ1v) is 5.57. The second-order valence-corrected chi connectivity index (χ2v) is 4.04. The highest BCUT2D eigenvalue weighted by Gasteiger charge is 2.07. The lowest BCUT2D eigenvalue weighted by atomic mass is 10.3. The summed E-state index contributed by atoms with van der Waals surface area (Å²) in [5, 5.41) is 11.5. The van der Waals surface area contributed by atoms with Gasteiger partial charge < -0.3 is 16.0 Å². The number of nitrogen functional groups attached to an aromatic ring is 1. The fourth-order valence-corrected chi connectivity index (χ4v) is 1.71. The van der Waals surface area contributed by atoms with Gasteiger partial charge in [-0.25, -0.2) is 0 Å². The van der Waals surface area contributed by atoms with E-state index in [0.717, 1.165) is 11.3 Å². The molecular formula is C9H9N5O2S. The molecule has 4 N–H and O–H groups in total. The second kappa shape index (κ2) is 4.74. The molecule has 2 heterocycles. The maximum Gasteiger partial charge on any atom is 0.304 e. The van der Waals surface area contributed by atoms with Crippen LogP contribution in [-0.2, 0) is 6.54 Å². The maximum absolute atomic E-state index is 11.6. The summed E-state index contributed by atoms with van der Waals surface area (Å²) in [5.41, 5.74) is 6.18. The van der Waals surface area contributed by atoms with Crippen LogP contribution in [0.5, 0.6) is 0 Å². The number of aromatic nitrogens is 3. The summed E-state index contributed by atoms with van der Waals surface area (Å²) in [6.07, 6.45) is 0. The van der Waals surface area contributed by atoms with Gasteiger partial charge in [0.15, 0.2) is 5.69 Å². The van der Waals surface area contributed by atoms with Crippen molar-refractivity contribution < 1.29 is 4.79 Å². The monoisotopic (exact) mass is 251 g/mol. The van der Waals surface area contributed by atoms with Crippen LogP contribution in [0.15, 0.2) is 22.3 Å². The first-order valence-electron chi connectivity index (χ1n) is 4.69. The highest BCUT2D eigenvalue weighted by Crippen LogP contribution is 1.99. The van der Waals surface area contributed by atoms with Gasteiger partial charge in [0, 0.05) is 11.1 Å². The van der Waals surface area contributed by atoms with Crippen molar-refractivity contribution in [2.75, 3.05) is 5.73 Å². The number of nitrogens with zero attached hydrogens (tertiary/aromatic N) is 2. The van der Waals surface area contributed by atoms with Crippen LogP contribution in [0.25, 0.3) is 0 Å². The molecule has 8 heteroatoms. The first-order chi connectivity index (χ1) is 8.15. The molecule has 2 aromatic heterocycles. The molecule has 17 heavy (non-hydrogen) atoms. The Kier molecular flexibility index (Phi) is 3.15. The molecule has 0 aromatic carbocycles. The van der Waals surface area contributed by atoms with Gasteiger partial charge in [0.2, 0.25) is 0 Å². The minimum absolute atomic E-state index is 0.151. The van der Waals surface area contributed by atoms with E-state index in [1.807, 2.05) is 0 Å². The summed E-state index contributed by atoms with van der Waals surface area (Å²) in [6.45, 7) is 0.240. The number of rotatable bonds is 3. The number of thiazole rings is 1. The summed E-state index contributed by atoms with van der Waals surface area (Å²) in [5.74, 6) is -0.117. The minimum atomic E-state index is -0.371. The van der Waals surface area contributed by atoms with Crippen LogP contribution in [0.1, 0.15) is 16.2 Å². The second-order valence-electron chi connectivity index (χ2n) is 3.20. The molecule has 0 saturated carbocycles. The van der Waals surface area contributed by atoms with Gasteiger partial charge in [-0.2, -0.15) is 0 Å². The Labute approximate surface area is 99.7 Å². The Bertz CT molecular complexity index is 574. The van der Waals surface area contributed by atoms with E-state index in [4.69, 9.17) is 5.73 Å². The van der Waals surface area contributed by atoms with Crippen molar-refractivity contribution in [2.45, 2.75) is 6.54 Å². The highest BCUT2D eigenvalue weighted by molar-refractivity contribution is 7.07. The van der Waals surface area contributed by atoms with Gasteiger partial charge in [0.1, 0.15) is 5.82 Å². The van der Waals surface area contributed by atoms with Crippen LogP contribution in [0.2, 0.25) is 0 Å². The first kappa shape index (κ1) is 11.3. The molecule has 0 aliphatic carbocycles. The largest absolute Gasteiger partial charge is 0.382 e. The van der Waals surface area contributed by atoms with Gasteiger partial charge in [0.05, 0.1) is 6.54 Å². The Morgan fingerprint density at radius 2 is 2.29 bits per heavy atom. The van der Waals surface area contributed by atoms with Crippen molar-refractivity contribution in [3.8, 4) is 0 Å². The third-order valence-electron chi connectivity index (χ3n) is 1.93. The normalized spacial score (nSPS) is 10.1. The molecule has 0 saturated heterocycles. The predicted molar refractivity (Wildman–Crippen MR) is 62.6 cm³/mol. The Morgan fingerprint density at radius 3 is 2.88 bits per heavy atom. The van der Waals surface area contributed by atoms with Crippen LogP contribution in [0, 0.1) is 0 Å². The molecule has 0 spiro atoms. The van der Waals surface area contributed by atoms with Gasteiger partial charge in [0.25, 0.3) is 5.91 Å².